The van der Waals surface area contributed by atoms with Crippen LogP contribution < -0.4 is 5.32 Å². The van der Waals surface area contributed by atoms with Crippen molar-refractivity contribution in [2.45, 2.75) is 59.0 Å². The van der Waals surface area contributed by atoms with Crippen LogP contribution in [0, 0.1) is 23.2 Å². The summed E-state index contributed by atoms with van der Waals surface area (Å²) in [5.74, 6) is 1.56. The van der Waals surface area contributed by atoms with Crippen LogP contribution in [0.4, 0.5) is 0 Å². The Morgan fingerprint density at radius 2 is 1.94 bits per heavy atom. The standard InChI is InChI=1S/C15H29N3/c1-6-17-15(5,11-16)8-14(4)18-9-12(2)7-13(3)10-18/h12-14,17H,6-10H2,1-5H3. The van der Waals surface area contributed by atoms with Crippen LogP contribution in [0.3, 0.4) is 0 Å². The van der Waals surface area contributed by atoms with Crippen molar-refractivity contribution in [3.05, 3.63) is 0 Å². The fraction of sp³-hybridized carbons (Fsp3) is 0.933. The summed E-state index contributed by atoms with van der Waals surface area (Å²) in [5, 5.41) is 12.6. The van der Waals surface area contributed by atoms with E-state index in [4.69, 9.17) is 0 Å². The monoisotopic (exact) mass is 251 g/mol. The number of rotatable bonds is 5. The number of hydrogen-bond donors (Lipinski definition) is 1. The van der Waals surface area contributed by atoms with Crippen LogP contribution >= 0.6 is 0 Å². The van der Waals surface area contributed by atoms with E-state index in [-0.39, 0.29) is 0 Å². The Bertz CT molecular complexity index is 287. The number of piperidine rings is 1. The van der Waals surface area contributed by atoms with Gasteiger partial charge in [-0.1, -0.05) is 20.8 Å². The number of likely N-dealkylation sites (tertiary alicyclic amines) is 1. The first kappa shape index (κ1) is 15.5. The van der Waals surface area contributed by atoms with Gasteiger partial charge < -0.3 is 4.90 Å². The minimum Gasteiger partial charge on any atom is -0.300 e. The number of nitriles is 1. The molecule has 3 nitrogen and oxygen atoms in total. The fourth-order valence-corrected chi connectivity index (χ4v) is 3.34. The maximum absolute atomic E-state index is 9.34. The zero-order valence-corrected chi connectivity index (χ0v) is 12.7. The quantitative estimate of drug-likeness (QED) is 0.816. The molecule has 0 amide bonds. The average molecular weight is 251 g/mol. The summed E-state index contributed by atoms with van der Waals surface area (Å²) in [7, 11) is 0. The Hall–Kier alpha value is -0.590. The zero-order valence-electron chi connectivity index (χ0n) is 12.7. The normalized spacial score (nSPS) is 30.4. The Kier molecular flexibility index (Phi) is 5.62. The van der Waals surface area contributed by atoms with Crippen molar-refractivity contribution in [2.75, 3.05) is 19.6 Å². The molecule has 4 atom stereocenters. The maximum atomic E-state index is 9.34. The number of nitrogens with one attached hydrogen (secondary N) is 1. The molecule has 0 aromatic heterocycles. The van der Waals surface area contributed by atoms with Gasteiger partial charge in [0.05, 0.1) is 6.07 Å². The third-order valence-electron chi connectivity index (χ3n) is 4.04. The minimum absolute atomic E-state index is 0.391. The van der Waals surface area contributed by atoms with Crippen LogP contribution in [0.5, 0.6) is 0 Å². The molecule has 0 spiro atoms. The van der Waals surface area contributed by atoms with Gasteiger partial charge in [-0.2, -0.15) is 5.26 Å². The molecule has 0 saturated carbocycles. The SMILES string of the molecule is CCNC(C)(C#N)CC(C)N1CC(C)CC(C)C1. The number of nitrogens with zero attached hydrogens (tertiary/aromatic N) is 2. The van der Waals surface area contributed by atoms with E-state index >= 15 is 0 Å². The molecule has 0 radical (unpaired) electrons. The van der Waals surface area contributed by atoms with Crippen molar-refractivity contribution >= 4 is 0 Å². The topological polar surface area (TPSA) is 39.1 Å². The van der Waals surface area contributed by atoms with Crippen LogP contribution in [0.1, 0.15) is 47.5 Å². The zero-order chi connectivity index (χ0) is 13.8. The summed E-state index contributed by atoms with van der Waals surface area (Å²) < 4.78 is 0. The molecule has 104 valence electrons. The van der Waals surface area contributed by atoms with Crippen LogP contribution in [0.15, 0.2) is 0 Å². The van der Waals surface area contributed by atoms with Gasteiger partial charge in [-0.25, -0.2) is 0 Å². The smallest absolute Gasteiger partial charge is 0.105 e. The van der Waals surface area contributed by atoms with Gasteiger partial charge in [0.1, 0.15) is 5.54 Å². The molecule has 1 fully saturated rings. The molecule has 1 aliphatic heterocycles. The van der Waals surface area contributed by atoms with Crippen molar-refractivity contribution in [2.24, 2.45) is 11.8 Å². The Morgan fingerprint density at radius 3 is 2.39 bits per heavy atom. The largest absolute Gasteiger partial charge is 0.300 e. The summed E-state index contributed by atoms with van der Waals surface area (Å²) >= 11 is 0. The molecule has 4 unspecified atom stereocenters. The third-order valence-corrected chi connectivity index (χ3v) is 4.04. The van der Waals surface area contributed by atoms with Gasteiger partial charge in [0.15, 0.2) is 0 Å². The van der Waals surface area contributed by atoms with E-state index in [1.807, 2.05) is 6.92 Å². The first-order valence-corrected chi connectivity index (χ1v) is 7.30. The molecule has 0 aromatic carbocycles. The van der Waals surface area contributed by atoms with Gasteiger partial charge in [-0.3, -0.25) is 5.32 Å². The van der Waals surface area contributed by atoms with E-state index in [1.165, 1.54) is 19.5 Å². The summed E-state index contributed by atoms with van der Waals surface area (Å²) in [6.07, 6.45) is 2.24. The van der Waals surface area contributed by atoms with E-state index in [9.17, 15) is 5.26 Å². The Labute approximate surface area is 113 Å². The van der Waals surface area contributed by atoms with E-state index in [2.05, 4.69) is 44.0 Å². The molecule has 1 heterocycles. The maximum Gasteiger partial charge on any atom is 0.105 e. The summed E-state index contributed by atoms with van der Waals surface area (Å²) in [4.78, 5) is 2.56. The summed E-state index contributed by atoms with van der Waals surface area (Å²) in [6, 6.07) is 2.91. The highest BCUT2D eigenvalue weighted by Gasteiger charge is 2.31. The predicted molar refractivity (Wildman–Crippen MR) is 76.3 cm³/mol. The van der Waals surface area contributed by atoms with E-state index in [0.717, 1.165) is 24.8 Å². The van der Waals surface area contributed by atoms with Crippen molar-refractivity contribution in [1.29, 1.82) is 5.26 Å². The molecule has 0 aromatic rings. The summed E-state index contributed by atoms with van der Waals surface area (Å²) in [5.41, 5.74) is -0.391. The van der Waals surface area contributed by atoms with Crippen molar-refractivity contribution in [1.82, 2.24) is 10.2 Å². The predicted octanol–water partition coefficient (Wildman–Crippen LogP) is 2.63. The van der Waals surface area contributed by atoms with Crippen LogP contribution in [-0.2, 0) is 0 Å². The van der Waals surface area contributed by atoms with Crippen molar-refractivity contribution in [3.8, 4) is 6.07 Å². The fourth-order valence-electron chi connectivity index (χ4n) is 3.34. The van der Waals surface area contributed by atoms with Crippen molar-refractivity contribution < 1.29 is 0 Å². The summed E-state index contributed by atoms with van der Waals surface area (Å²) in [6.45, 7) is 14.2. The lowest BCUT2D eigenvalue weighted by molar-refractivity contribution is 0.0893. The lowest BCUT2D eigenvalue weighted by Crippen LogP contribution is -2.50. The second-order valence-electron chi connectivity index (χ2n) is 6.43. The van der Waals surface area contributed by atoms with Gasteiger partial charge in [0.2, 0.25) is 0 Å². The minimum atomic E-state index is -0.391. The highest BCUT2D eigenvalue weighted by atomic mass is 15.2. The third kappa shape index (κ3) is 4.26. The molecule has 18 heavy (non-hydrogen) atoms. The second kappa shape index (κ2) is 6.54. The van der Waals surface area contributed by atoms with Crippen molar-refractivity contribution in [3.63, 3.8) is 0 Å². The van der Waals surface area contributed by atoms with E-state index in [0.29, 0.717) is 6.04 Å². The lowest BCUT2D eigenvalue weighted by atomic mass is 9.88. The molecular formula is C15H29N3. The second-order valence-corrected chi connectivity index (χ2v) is 6.43. The number of hydrogen-bond acceptors (Lipinski definition) is 3. The molecule has 1 aliphatic rings. The first-order valence-electron chi connectivity index (χ1n) is 7.30. The molecule has 1 saturated heterocycles. The molecule has 0 aliphatic carbocycles. The van der Waals surface area contributed by atoms with Gasteiger partial charge in [-0.05, 0) is 45.1 Å². The highest BCUT2D eigenvalue weighted by Crippen LogP contribution is 2.25. The van der Waals surface area contributed by atoms with E-state index in [1.54, 1.807) is 0 Å². The Balaban J connectivity index is 2.58. The first-order chi connectivity index (χ1) is 8.40. The molecule has 3 heteroatoms. The van der Waals surface area contributed by atoms with Crippen LogP contribution in [0.2, 0.25) is 0 Å². The molecule has 0 bridgehead atoms. The van der Waals surface area contributed by atoms with Gasteiger partial charge >= 0.3 is 0 Å². The lowest BCUT2D eigenvalue weighted by Gasteiger charge is -2.40. The average Bonchev–Trinajstić information content (AvgIpc) is 2.28. The molecule has 1 N–H and O–H groups in total. The van der Waals surface area contributed by atoms with Gasteiger partial charge in [0, 0.05) is 19.1 Å². The van der Waals surface area contributed by atoms with Crippen LogP contribution in [0.25, 0.3) is 0 Å². The van der Waals surface area contributed by atoms with Crippen LogP contribution in [-0.4, -0.2) is 36.1 Å². The molecular weight excluding hydrogens is 222 g/mol. The van der Waals surface area contributed by atoms with Gasteiger partial charge in [0.25, 0.3) is 0 Å². The van der Waals surface area contributed by atoms with E-state index < -0.39 is 5.54 Å². The Morgan fingerprint density at radius 1 is 1.39 bits per heavy atom. The molecule has 1 rings (SSSR count). The highest BCUT2D eigenvalue weighted by molar-refractivity contribution is 5.05. The van der Waals surface area contributed by atoms with Gasteiger partial charge in [-0.15, -0.1) is 0 Å².